The molecule has 0 aromatic carbocycles. The predicted molar refractivity (Wildman–Crippen MR) is 177 cm³/mol. The van der Waals surface area contributed by atoms with E-state index in [4.69, 9.17) is 9.47 Å². The van der Waals surface area contributed by atoms with Gasteiger partial charge in [0.15, 0.2) is 11.4 Å². The van der Waals surface area contributed by atoms with Crippen LogP contribution < -0.4 is 0 Å². The van der Waals surface area contributed by atoms with Crippen LogP contribution in [0.1, 0.15) is 138 Å². The minimum absolute atomic E-state index is 0.104. The normalized spacial score (nSPS) is 35.7. The van der Waals surface area contributed by atoms with E-state index in [0.29, 0.717) is 24.0 Å². The maximum absolute atomic E-state index is 13.5. The maximum Gasteiger partial charge on any atom is 0.306 e. The SMILES string of the molecule is CCCCCCCCC(=O)O[C@@H]1[C@@H](C)[C@@]2(O)[C@@H](C=C(CO)C[C@]3(O)C(=O)C(C)=C[C@@H]23)[C@@H]2C(C)(C)[C@]12OC(=O)CCCCCCCC. The summed E-state index contributed by atoms with van der Waals surface area (Å²) in [4.78, 5) is 40.4. The summed E-state index contributed by atoms with van der Waals surface area (Å²) in [6.45, 7) is 11.3. The zero-order valence-corrected chi connectivity index (χ0v) is 29.2. The van der Waals surface area contributed by atoms with Gasteiger partial charge in [0, 0.05) is 48.3 Å². The first-order valence-electron chi connectivity index (χ1n) is 18.2. The van der Waals surface area contributed by atoms with Crippen LogP contribution in [-0.4, -0.2) is 62.6 Å². The molecule has 0 bridgehead atoms. The second-order valence-electron chi connectivity index (χ2n) is 15.4. The fourth-order valence-electron chi connectivity index (χ4n) is 9.36. The molecule has 260 valence electrons. The highest BCUT2D eigenvalue weighted by molar-refractivity contribution is 6.04. The first-order chi connectivity index (χ1) is 21.8. The number of esters is 2. The smallest absolute Gasteiger partial charge is 0.306 e. The van der Waals surface area contributed by atoms with Crippen molar-refractivity contribution in [2.24, 2.45) is 29.1 Å². The van der Waals surface area contributed by atoms with E-state index in [9.17, 15) is 29.7 Å². The third-order valence-corrected chi connectivity index (χ3v) is 12.0. The van der Waals surface area contributed by atoms with Crippen LogP contribution >= 0.6 is 0 Å². The maximum atomic E-state index is 13.5. The third-order valence-electron chi connectivity index (χ3n) is 12.0. The van der Waals surface area contributed by atoms with Crippen molar-refractivity contribution in [3.63, 3.8) is 0 Å². The molecule has 2 fully saturated rings. The average Bonchev–Trinajstić information content (AvgIpc) is 3.44. The number of carbonyl (C=O) groups excluding carboxylic acids is 3. The lowest BCUT2D eigenvalue weighted by atomic mass is 9.59. The number of ketones is 1. The molecule has 0 aromatic heterocycles. The first-order valence-corrected chi connectivity index (χ1v) is 18.2. The summed E-state index contributed by atoms with van der Waals surface area (Å²) in [5.74, 6) is -4.12. The van der Waals surface area contributed by atoms with Gasteiger partial charge < -0.3 is 24.8 Å². The van der Waals surface area contributed by atoms with Gasteiger partial charge in [0.05, 0.1) is 12.2 Å². The highest BCUT2D eigenvalue weighted by atomic mass is 16.6. The monoisotopic (exact) mass is 644 g/mol. The van der Waals surface area contributed by atoms with Gasteiger partial charge in [0.1, 0.15) is 11.7 Å². The topological polar surface area (TPSA) is 130 Å². The highest BCUT2D eigenvalue weighted by Crippen LogP contribution is 2.77. The van der Waals surface area contributed by atoms with Crippen molar-refractivity contribution in [1.82, 2.24) is 0 Å². The van der Waals surface area contributed by atoms with E-state index < -0.39 is 63.7 Å². The molecule has 0 heterocycles. The number of ether oxygens (including phenoxy) is 2. The summed E-state index contributed by atoms with van der Waals surface area (Å²) in [7, 11) is 0. The van der Waals surface area contributed by atoms with E-state index >= 15 is 0 Å². The summed E-state index contributed by atoms with van der Waals surface area (Å²) in [6, 6.07) is 0. The Morgan fingerprint density at radius 3 is 1.98 bits per heavy atom. The molecule has 46 heavy (non-hydrogen) atoms. The zero-order chi connectivity index (χ0) is 33.9. The van der Waals surface area contributed by atoms with Crippen molar-refractivity contribution < 1.29 is 39.2 Å². The first kappa shape index (κ1) is 36.8. The Labute approximate surface area is 276 Å². The van der Waals surface area contributed by atoms with E-state index in [2.05, 4.69) is 13.8 Å². The summed E-state index contributed by atoms with van der Waals surface area (Å²) in [5.41, 5.74) is -4.71. The van der Waals surface area contributed by atoms with Crippen LogP contribution in [0.15, 0.2) is 23.3 Å². The van der Waals surface area contributed by atoms with Gasteiger partial charge in [0.25, 0.3) is 0 Å². The van der Waals surface area contributed by atoms with Gasteiger partial charge >= 0.3 is 11.9 Å². The van der Waals surface area contributed by atoms with E-state index in [0.717, 1.165) is 51.4 Å². The Balaban J connectivity index is 1.67. The number of unbranched alkanes of at least 4 members (excludes halogenated alkanes) is 10. The van der Waals surface area contributed by atoms with Crippen molar-refractivity contribution in [2.45, 2.75) is 161 Å². The molecule has 0 amide bonds. The Morgan fingerprint density at radius 2 is 1.41 bits per heavy atom. The molecule has 3 N–H and O–H groups in total. The van der Waals surface area contributed by atoms with Gasteiger partial charge in [-0.05, 0) is 30.9 Å². The van der Waals surface area contributed by atoms with Crippen molar-refractivity contribution in [1.29, 1.82) is 0 Å². The average molecular weight is 645 g/mol. The second-order valence-corrected chi connectivity index (χ2v) is 15.4. The summed E-state index contributed by atoms with van der Waals surface area (Å²) >= 11 is 0. The van der Waals surface area contributed by atoms with Crippen molar-refractivity contribution in [2.75, 3.05) is 6.61 Å². The molecular weight excluding hydrogens is 584 g/mol. The summed E-state index contributed by atoms with van der Waals surface area (Å²) in [6.07, 6.45) is 15.2. The van der Waals surface area contributed by atoms with Crippen LogP contribution in [0, 0.1) is 29.1 Å². The molecule has 0 aromatic rings. The third kappa shape index (κ3) is 6.39. The lowest BCUT2D eigenvalue weighted by Crippen LogP contribution is -2.66. The van der Waals surface area contributed by atoms with Crippen LogP contribution in [0.25, 0.3) is 0 Å². The standard InChI is InChI=1S/C38H60O8/c1-7-9-11-13-15-17-19-30(40)45-34-26(4)37(44)28(22-27(24-39)23-36(43)29(37)21-25(3)33(36)42)32-35(5,6)38(32,34)46-31(41)20-18-16-14-12-10-8-2/h21-22,26,28-29,32,34,39,43-44H,7-20,23-24H2,1-6H3/t26-,28+,29-,32-,34-,36-,37-,38-/m1/s1. The van der Waals surface area contributed by atoms with Crippen LogP contribution in [-0.2, 0) is 23.9 Å². The molecule has 8 atom stereocenters. The molecule has 0 unspecified atom stereocenters. The predicted octanol–water partition coefficient (Wildman–Crippen LogP) is 6.53. The van der Waals surface area contributed by atoms with Crippen LogP contribution in [0.2, 0.25) is 0 Å². The molecular formula is C38H60O8. The summed E-state index contributed by atoms with van der Waals surface area (Å²) < 4.78 is 12.8. The van der Waals surface area contributed by atoms with Gasteiger partial charge in [-0.1, -0.05) is 111 Å². The number of aliphatic hydroxyl groups is 3. The molecule has 0 spiro atoms. The molecule has 0 saturated heterocycles. The Hall–Kier alpha value is -2.03. The number of fused-ring (bicyclic) bond motifs is 5. The van der Waals surface area contributed by atoms with Crippen LogP contribution in [0.4, 0.5) is 0 Å². The van der Waals surface area contributed by atoms with E-state index in [-0.39, 0.29) is 31.8 Å². The Kier molecular flexibility index (Phi) is 11.7. The number of aliphatic hydroxyl groups excluding tert-OH is 1. The van der Waals surface area contributed by atoms with Gasteiger partial charge in [-0.3, -0.25) is 14.4 Å². The van der Waals surface area contributed by atoms with E-state index in [1.807, 2.05) is 13.8 Å². The Morgan fingerprint density at radius 1 is 0.870 bits per heavy atom. The lowest BCUT2D eigenvalue weighted by Gasteiger charge is -2.53. The zero-order valence-electron chi connectivity index (χ0n) is 29.2. The van der Waals surface area contributed by atoms with Gasteiger partial charge in [-0.15, -0.1) is 0 Å². The minimum Gasteiger partial charge on any atom is -0.458 e. The molecule has 4 aliphatic rings. The number of hydrogen-bond acceptors (Lipinski definition) is 8. The van der Waals surface area contributed by atoms with Crippen molar-refractivity contribution in [3.8, 4) is 0 Å². The van der Waals surface area contributed by atoms with Crippen molar-refractivity contribution in [3.05, 3.63) is 23.3 Å². The molecule has 8 heteroatoms. The van der Waals surface area contributed by atoms with Gasteiger partial charge in [-0.25, -0.2) is 0 Å². The fraction of sp³-hybridized carbons (Fsp3) is 0.816. The van der Waals surface area contributed by atoms with Gasteiger partial charge in [0.2, 0.25) is 0 Å². The highest BCUT2D eigenvalue weighted by Gasteiger charge is 2.87. The second kappa shape index (κ2) is 14.6. The largest absolute Gasteiger partial charge is 0.458 e. The lowest BCUT2D eigenvalue weighted by molar-refractivity contribution is -0.229. The number of carbonyl (C=O) groups is 3. The van der Waals surface area contributed by atoms with E-state index in [1.165, 1.54) is 12.8 Å². The number of Topliss-reactive ketones (excluding diaryl/α,β-unsaturated/α-hetero) is 1. The molecule has 4 rings (SSSR count). The minimum atomic E-state index is -1.93. The molecule has 0 aliphatic heterocycles. The summed E-state index contributed by atoms with van der Waals surface area (Å²) in [5, 5.41) is 35.2. The molecule has 0 radical (unpaired) electrons. The van der Waals surface area contributed by atoms with Crippen LogP contribution in [0.3, 0.4) is 0 Å². The molecule has 2 saturated carbocycles. The Bertz CT molecular complexity index is 1190. The van der Waals surface area contributed by atoms with E-state index in [1.54, 1.807) is 26.0 Å². The fourth-order valence-corrected chi connectivity index (χ4v) is 9.36. The number of rotatable bonds is 17. The molecule has 4 aliphatic carbocycles. The van der Waals surface area contributed by atoms with Crippen LogP contribution in [0.5, 0.6) is 0 Å². The quantitative estimate of drug-likeness (QED) is 0.0926. The van der Waals surface area contributed by atoms with Crippen molar-refractivity contribution >= 4 is 17.7 Å². The van der Waals surface area contributed by atoms with Gasteiger partial charge in [-0.2, -0.15) is 0 Å². The number of hydrogen-bond donors (Lipinski definition) is 3. The molecule has 8 nitrogen and oxygen atoms in total.